The van der Waals surface area contributed by atoms with Crippen molar-refractivity contribution in [2.24, 2.45) is 0 Å². The van der Waals surface area contributed by atoms with Gasteiger partial charge in [-0.15, -0.1) is 12.4 Å². The molecule has 17 heavy (non-hydrogen) atoms. The normalized spacial score (nSPS) is 19.4. The molecule has 1 aromatic carbocycles. The minimum Gasteiger partial charge on any atom is -0.508 e. The molecular formula is C10H14ClN3O3. The summed E-state index contributed by atoms with van der Waals surface area (Å²) >= 11 is 0. The van der Waals surface area contributed by atoms with Crippen LogP contribution in [0.5, 0.6) is 5.75 Å². The maximum Gasteiger partial charge on any atom is 0.274 e. The Bertz CT molecular complexity index is 408. The molecule has 0 bridgehead atoms. The van der Waals surface area contributed by atoms with Gasteiger partial charge >= 0.3 is 0 Å². The van der Waals surface area contributed by atoms with Crippen LogP contribution in [0.1, 0.15) is 11.6 Å². The zero-order valence-corrected chi connectivity index (χ0v) is 9.87. The van der Waals surface area contributed by atoms with Crippen molar-refractivity contribution < 1.29 is 10.0 Å². The zero-order valence-electron chi connectivity index (χ0n) is 9.05. The highest BCUT2D eigenvalue weighted by molar-refractivity contribution is 5.85. The number of hydrogen-bond donors (Lipinski definition) is 3. The minimum atomic E-state index is -0.426. The Morgan fingerprint density at radius 3 is 2.76 bits per heavy atom. The predicted molar refractivity (Wildman–Crippen MR) is 65.6 cm³/mol. The van der Waals surface area contributed by atoms with Crippen molar-refractivity contribution in [2.45, 2.75) is 6.04 Å². The highest BCUT2D eigenvalue weighted by atomic mass is 35.5. The lowest BCUT2D eigenvalue weighted by molar-refractivity contribution is -0.385. The van der Waals surface area contributed by atoms with Crippen LogP contribution < -0.4 is 10.6 Å². The Morgan fingerprint density at radius 2 is 2.18 bits per heavy atom. The van der Waals surface area contributed by atoms with Gasteiger partial charge in [0.15, 0.2) is 0 Å². The van der Waals surface area contributed by atoms with Crippen LogP contribution in [0, 0.1) is 10.1 Å². The van der Waals surface area contributed by atoms with Gasteiger partial charge < -0.3 is 15.7 Å². The Morgan fingerprint density at radius 1 is 1.41 bits per heavy atom. The first-order valence-corrected chi connectivity index (χ1v) is 5.10. The molecule has 3 N–H and O–H groups in total. The molecule has 1 aliphatic rings. The van der Waals surface area contributed by atoms with Crippen LogP contribution in [0.2, 0.25) is 0 Å². The number of halogens is 1. The molecule has 7 heteroatoms. The summed E-state index contributed by atoms with van der Waals surface area (Å²) in [7, 11) is 0. The molecular weight excluding hydrogens is 246 g/mol. The minimum absolute atomic E-state index is 0. The van der Waals surface area contributed by atoms with Crippen molar-refractivity contribution in [3.8, 4) is 5.75 Å². The number of nitrogens with zero attached hydrogens (tertiary/aromatic N) is 1. The molecule has 94 valence electrons. The average molecular weight is 260 g/mol. The second kappa shape index (κ2) is 5.81. The van der Waals surface area contributed by atoms with Gasteiger partial charge in [-0.1, -0.05) is 0 Å². The van der Waals surface area contributed by atoms with E-state index in [1.54, 1.807) is 0 Å². The van der Waals surface area contributed by atoms with Crippen LogP contribution in [0.4, 0.5) is 5.69 Å². The van der Waals surface area contributed by atoms with Gasteiger partial charge in [0.1, 0.15) is 5.75 Å². The van der Waals surface area contributed by atoms with E-state index in [2.05, 4.69) is 10.6 Å². The first kappa shape index (κ1) is 13.7. The van der Waals surface area contributed by atoms with Crippen molar-refractivity contribution >= 4 is 18.1 Å². The second-order valence-corrected chi connectivity index (χ2v) is 3.71. The van der Waals surface area contributed by atoms with Crippen LogP contribution >= 0.6 is 12.4 Å². The van der Waals surface area contributed by atoms with Crippen LogP contribution in [0.15, 0.2) is 18.2 Å². The second-order valence-electron chi connectivity index (χ2n) is 3.71. The highest BCUT2D eigenvalue weighted by Gasteiger charge is 2.23. The largest absolute Gasteiger partial charge is 0.508 e. The van der Waals surface area contributed by atoms with E-state index < -0.39 is 4.92 Å². The van der Waals surface area contributed by atoms with Crippen molar-refractivity contribution in [1.29, 1.82) is 0 Å². The summed E-state index contributed by atoms with van der Waals surface area (Å²) in [5.41, 5.74) is 0.566. The molecule has 1 atom stereocenters. The van der Waals surface area contributed by atoms with Gasteiger partial charge in [-0.25, -0.2) is 0 Å². The Hall–Kier alpha value is -1.37. The van der Waals surface area contributed by atoms with E-state index in [0.29, 0.717) is 12.1 Å². The van der Waals surface area contributed by atoms with Gasteiger partial charge in [-0.3, -0.25) is 10.1 Å². The van der Waals surface area contributed by atoms with Crippen molar-refractivity contribution in [2.75, 3.05) is 19.6 Å². The number of nitro benzene ring substituents is 1. The summed E-state index contributed by atoms with van der Waals surface area (Å²) in [6.45, 7) is 2.24. The fraction of sp³-hybridized carbons (Fsp3) is 0.400. The van der Waals surface area contributed by atoms with E-state index in [1.165, 1.54) is 18.2 Å². The molecule has 1 aliphatic heterocycles. The van der Waals surface area contributed by atoms with Gasteiger partial charge in [-0.2, -0.15) is 0 Å². The SMILES string of the molecule is Cl.O=[N+]([O-])c1ccc(O)cc1[C@H]1CNCCN1. The maximum atomic E-state index is 10.9. The number of nitro groups is 1. The molecule has 1 heterocycles. The molecule has 0 unspecified atom stereocenters. The molecule has 0 amide bonds. The van der Waals surface area contributed by atoms with Gasteiger partial charge in [-0.05, 0) is 12.1 Å². The molecule has 0 aliphatic carbocycles. The summed E-state index contributed by atoms with van der Waals surface area (Å²) in [4.78, 5) is 10.4. The van der Waals surface area contributed by atoms with Crippen molar-refractivity contribution in [3.63, 3.8) is 0 Å². The number of phenols is 1. The summed E-state index contributed by atoms with van der Waals surface area (Å²) < 4.78 is 0. The number of nitrogens with one attached hydrogen (secondary N) is 2. The van der Waals surface area contributed by atoms with Crippen molar-refractivity contribution in [3.05, 3.63) is 33.9 Å². The van der Waals surface area contributed by atoms with Gasteiger partial charge in [0.05, 0.1) is 16.5 Å². The van der Waals surface area contributed by atoms with E-state index in [1.807, 2.05) is 0 Å². The summed E-state index contributed by atoms with van der Waals surface area (Å²) in [5, 5.41) is 26.6. The third-order valence-electron chi connectivity index (χ3n) is 2.62. The number of rotatable bonds is 2. The molecule has 0 radical (unpaired) electrons. The molecule has 0 spiro atoms. The average Bonchev–Trinajstić information content (AvgIpc) is 2.29. The number of benzene rings is 1. The fourth-order valence-electron chi connectivity index (χ4n) is 1.86. The number of aromatic hydroxyl groups is 1. The quantitative estimate of drug-likeness (QED) is 0.544. The summed E-state index contributed by atoms with van der Waals surface area (Å²) in [6, 6.07) is 3.99. The van der Waals surface area contributed by atoms with E-state index in [0.717, 1.165) is 13.1 Å². The molecule has 1 saturated heterocycles. The first-order valence-electron chi connectivity index (χ1n) is 5.10. The number of phenolic OH excluding ortho intramolecular Hbond substituents is 1. The Kier molecular flexibility index (Phi) is 4.68. The van der Waals surface area contributed by atoms with Crippen LogP contribution in [-0.4, -0.2) is 29.7 Å². The van der Waals surface area contributed by atoms with Crippen molar-refractivity contribution in [1.82, 2.24) is 10.6 Å². The van der Waals surface area contributed by atoms with Crippen LogP contribution in [0.3, 0.4) is 0 Å². The first-order chi connectivity index (χ1) is 7.68. The third kappa shape index (κ3) is 3.06. The maximum absolute atomic E-state index is 10.9. The highest BCUT2D eigenvalue weighted by Crippen LogP contribution is 2.28. The van der Waals surface area contributed by atoms with Gasteiger partial charge in [0.25, 0.3) is 5.69 Å². The molecule has 2 rings (SSSR count). The Labute approximate surface area is 105 Å². The van der Waals surface area contributed by atoms with Crippen LogP contribution in [-0.2, 0) is 0 Å². The van der Waals surface area contributed by atoms with E-state index in [-0.39, 0.29) is 29.9 Å². The lowest BCUT2D eigenvalue weighted by Gasteiger charge is -2.24. The number of piperazine rings is 1. The fourth-order valence-corrected chi connectivity index (χ4v) is 1.86. The lowest BCUT2D eigenvalue weighted by Crippen LogP contribution is -2.42. The topological polar surface area (TPSA) is 87.4 Å². The van der Waals surface area contributed by atoms with Gasteiger partial charge in [0, 0.05) is 25.7 Å². The van der Waals surface area contributed by atoms with Crippen LogP contribution in [0.25, 0.3) is 0 Å². The van der Waals surface area contributed by atoms with E-state index in [4.69, 9.17) is 0 Å². The summed E-state index contributed by atoms with van der Waals surface area (Å²) in [5.74, 6) is 0.0490. The third-order valence-corrected chi connectivity index (χ3v) is 2.62. The van der Waals surface area contributed by atoms with E-state index >= 15 is 0 Å². The predicted octanol–water partition coefficient (Wildman–Crippen LogP) is 0.956. The van der Waals surface area contributed by atoms with Gasteiger partial charge in [0.2, 0.25) is 0 Å². The molecule has 6 nitrogen and oxygen atoms in total. The zero-order chi connectivity index (χ0) is 11.5. The molecule has 0 saturated carbocycles. The molecule has 1 fully saturated rings. The summed E-state index contributed by atoms with van der Waals surface area (Å²) in [6.07, 6.45) is 0. The molecule has 1 aromatic rings. The number of hydrogen-bond acceptors (Lipinski definition) is 5. The van der Waals surface area contributed by atoms with E-state index in [9.17, 15) is 15.2 Å². The lowest BCUT2D eigenvalue weighted by atomic mass is 10.0. The standard InChI is InChI=1S/C10H13N3O3.ClH/c14-7-1-2-10(13(15)16)8(5-7)9-6-11-3-4-12-9;/h1-2,5,9,11-12,14H,3-4,6H2;1H/t9-;/m1./s1. The molecule has 0 aromatic heterocycles. The smallest absolute Gasteiger partial charge is 0.274 e. The Balaban J connectivity index is 0.00000144. The monoisotopic (exact) mass is 259 g/mol.